The van der Waals surface area contributed by atoms with E-state index in [1.807, 2.05) is 42.7 Å². The number of fused-ring (bicyclic) bond motifs is 3. The number of rotatable bonds is 23. The number of nitrogens with zero attached hydrogens (tertiary/aromatic N) is 1. The van der Waals surface area contributed by atoms with Crippen molar-refractivity contribution in [2.45, 2.75) is 65.2 Å². The average molecular weight is 879 g/mol. The first-order chi connectivity index (χ1) is 31.5. The summed E-state index contributed by atoms with van der Waals surface area (Å²) < 4.78 is 35.4. The highest BCUT2D eigenvalue weighted by Gasteiger charge is 2.22. The van der Waals surface area contributed by atoms with E-state index in [1.54, 1.807) is 48.5 Å². The van der Waals surface area contributed by atoms with Crippen LogP contribution in [-0.4, -0.2) is 60.7 Å². The summed E-state index contributed by atoms with van der Waals surface area (Å²) in [7, 11) is 0. The van der Waals surface area contributed by atoms with Crippen molar-refractivity contribution in [1.29, 1.82) is 5.41 Å². The van der Waals surface area contributed by atoms with E-state index < -0.39 is 23.9 Å². The molecule has 0 radical (unpaired) electrons. The monoisotopic (exact) mass is 878 g/mol. The fraction of sp³-hybridized carbons (Fsp3) is 0.264. The Morgan fingerprint density at radius 1 is 0.523 bits per heavy atom. The van der Waals surface area contributed by atoms with Gasteiger partial charge in [-0.2, -0.15) is 0 Å². The largest absolute Gasteiger partial charge is 0.494 e. The fourth-order valence-electron chi connectivity index (χ4n) is 7.12. The van der Waals surface area contributed by atoms with Gasteiger partial charge >= 0.3 is 23.9 Å². The summed E-state index contributed by atoms with van der Waals surface area (Å²) in [5.41, 5.74) is 4.52. The van der Waals surface area contributed by atoms with Crippen molar-refractivity contribution in [3.63, 3.8) is 0 Å². The molecule has 0 saturated carbocycles. The molecule has 0 spiro atoms. The summed E-state index contributed by atoms with van der Waals surface area (Å²) in [5.74, 6) is -0.627. The van der Waals surface area contributed by atoms with Crippen molar-refractivity contribution in [2.75, 3.05) is 26.4 Å². The van der Waals surface area contributed by atoms with E-state index in [-0.39, 0.29) is 28.5 Å². The molecule has 336 valence electrons. The Morgan fingerprint density at radius 3 is 1.42 bits per heavy atom. The zero-order chi connectivity index (χ0) is 46.1. The lowest BCUT2D eigenvalue weighted by Gasteiger charge is -2.16. The van der Waals surface area contributed by atoms with Gasteiger partial charge in [0.25, 0.3) is 0 Å². The molecule has 0 bridgehead atoms. The van der Waals surface area contributed by atoms with Crippen LogP contribution in [0, 0.1) is 19.3 Å². The standard InChI is InChI=1S/C53H54N2O10/c1-5-49(56)62-31-13-9-7-11-29-60-40-21-17-38(18-22-40)52(58)64-42-25-28-48(65-53(59)39-19-23-41(24-20-39)61-30-12-8-10-14-32-63-50(57)6-2)45(35-42)51(54)55-46-26-15-36(3)33-43(46)44-34-37(4)16-27-47(44)55/h5-6,15-28,33-35,54H,1-2,7-14,29-32H2,3-4H3. The van der Waals surface area contributed by atoms with Crippen LogP contribution in [0.3, 0.4) is 0 Å². The van der Waals surface area contributed by atoms with Crippen molar-refractivity contribution in [1.82, 2.24) is 4.57 Å². The number of unbranched alkanes of at least 4 members (excludes halogenated alkanes) is 6. The number of carbonyl (C=O) groups is 4. The third kappa shape index (κ3) is 13.0. The highest BCUT2D eigenvalue weighted by molar-refractivity contribution is 6.18. The number of nitrogens with one attached hydrogen (secondary N) is 1. The quantitative estimate of drug-likeness (QED) is 0.0164. The normalized spacial score (nSPS) is 10.9. The Hall–Kier alpha value is -7.47. The first-order valence-corrected chi connectivity index (χ1v) is 21.8. The summed E-state index contributed by atoms with van der Waals surface area (Å²) >= 11 is 0. The lowest BCUT2D eigenvalue weighted by molar-refractivity contribution is -0.138. The molecule has 0 aliphatic carbocycles. The van der Waals surface area contributed by atoms with Crippen LogP contribution in [0.2, 0.25) is 0 Å². The van der Waals surface area contributed by atoms with Crippen LogP contribution in [0.25, 0.3) is 21.8 Å². The van der Waals surface area contributed by atoms with Gasteiger partial charge in [0.1, 0.15) is 28.8 Å². The molecule has 6 aromatic rings. The summed E-state index contributed by atoms with van der Waals surface area (Å²) in [6.07, 6.45) is 9.07. The maximum atomic E-state index is 13.7. The number of carbonyl (C=O) groups excluding carboxylic acids is 4. The minimum atomic E-state index is -0.644. The SMILES string of the molecule is C=CC(=O)OCCCCCCOc1ccc(C(=O)Oc2ccc(OC(=O)c3ccc(OCCCCCCOC(=O)C=C)cc3)c(C(=N)n3c4ccc(C)cc4c4cc(C)ccc43)c2)cc1. The van der Waals surface area contributed by atoms with Crippen LogP contribution in [0.5, 0.6) is 23.0 Å². The molecular formula is C53H54N2O10. The lowest BCUT2D eigenvalue weighted by Crippen LogP contribution is -2.17. The lowest BCUT2D eigenvalue weighted by atomic mass is 10.1. The summed E-state index contributed by atoms with van der Waals surface area (Å²) in [4.78, 5) is 49.5. The van der Waals surface area contributed by atoms with Gasteiger partial charge in [-0.05, 0) is 156 Å². The summed E-state index contributed by atoms with van der Waals surface area (Å²) in [6.45, 7) is 12.5. The number of aromatic nitrogens is 1. The topological polar surface area (TPSA) is 152 Å². The predicted octanol–water partition coefficient (Wildman–Crippen LogP) is 11.1. The van der Waals surface area contributed by atoms with Gasteiger partial charge in [-0.3, -0.25) is 9.98 Å². The zero-order valence-corrected chi connectivity index (χ0v) is 36.9. The van der Waals surface area contributed by atoms with Gasteiger partial charge in [-0.15, -0.1) is 0 Å². The Kier molecular flexibility index (Phi) is 16.8. The van der Waals surface area contributed by atoms with E-state index in [2.05, 4.69) is 25.3 Å². The minimum Gasteiger partial charge on any atom is -0.494 e. The van der Waals surface area contributed by atoms with E-state index in [4.69, 9.17) is 28.4 Å². The smallest absolute Gasteiger partial charge is 0.343 e. The highest BCUT2D eigenvalue weighted by Crippen LogP contribution is 2.34. The third-order valence-corrected chi connectivity index (χ3v) is 10.5. The second-order valence-corrected chi connectivity index (χ2v) is 15.5. The number of hydrogen-bond donors (Lipinski definition) is 1. The van der Waals surface area contributed by atoms with E-state index >= 15 is 0 Å². The molecule has 65 heavy (non-hydrogen) atoms. The first kappa shape index (κ1) is 47.0. The highest BCUT2D eigenvalue weighted by atomic mass is 16.5. The molecule has 1 N–H and O–H groups in total. The number of benzene rings is 5. The third-order valence-electron chi connectivity index (χ3n) is 10.5. The van der Waals surface area contributed by atoms with Gasteiger partial charge in [0.2, 0.25) is 0 Å². The maximum Gasteiger partial charge on any atom is 0.343 e. The fourth-order valence-corrected chi connectivity index (χ4v) is 7.12. The van der Waals surface area contributed by atoms with Gasteiger partial charge in [-0.25, -0.2) is 19.2 Å². The van der Waals surface area contributed by atoms with E-state index in [9.17, 15) is 24.6 Å². The molecule has 12 nitrogen and oxygen atoms in total. The molecule has 0 fully saturated rings. The van der Waals surface area contributed by atoms with Crippen molar-refractivity contribution in [2.24, 2.45) is 0 Å². The van der Waals surface area contributed by atoms with Gasteiger partial charge in [0.05, 0.1) is 54.2 Å². The molecule has 0 aliphatic heterocycles. The number of ether oxygens (including phenoxy) is 6. The van der Waals surface area contributed by atoms with Crippen LogP contribution in [0.1, 0.15) is 88.8 Å². The summed E-state index contributed by atoms with van der Waals surface area (Å²) in [6, 6.07) is 30.0. The Bertz CT molecular complexity index is 2600. The van der Waals surface area contributed by atoms with Crippen molar-refractivity contribution < 1.29 is 47.6 Å². The average Bonchev–Trinajstić information content (AvgIpc) is 3.63. The number of esters is 4. The molecule has 0 atom stereocenters. The molecule has 0 unspecified atom stereocenters. The summed E-state index contributed by atoms with van der Waals surface area (Å²) in [5, 5.41) is 11.6. The van der Waals surface area contributed by atoms with E-state index in [1.165, 1.54) is 18.2 Å². The van der Waals surface area contributed by atoms with Crippen LogP contribution in [-0.2, 0) is 19.1 Å². The minimum absolute atomic E-state index is 0.0116. The Balaban J connectivity index is 1.14. The van der Waals surface area contributed by atoms with Crippen molar-refractivity contribution >= 4 is 51.5 Å². The van der Waals surface area contributed by atoms with Crippen LogP contribution >= 0.6 is 0 Å². The van der Waals surface area contributed by atoms with Crippen LogP contribution in [0.4, 0.5) is 0 Å². The molecule has 0 amide bonds. The maximum absolute atomic E-state index is 13.7. The zero-order valence-electron chi connectivity index (χ0n) is 36.9. The molecule has 1 aromatic heterocycles. The number of hydrogen-bond acceptors (Lipinski definition) is 11. The molecule has 12 heteroatoms. The van der Waals surface area contributed by atoms with E-state index in [0.29, 0.717) is 43.5 Å². The second kappa shape index (κ2) is 23.3. The second-order valence-electron chi connectivity index (χ2n) is 15.5. The molecule has 6 rings (SSSR count). The Morgan fingerprint density at radius 2 is 0.954 bits per heavy atom. The van der Waals surface area contributed by atoms with Gasteiger partial charge < -0.3 is 28.4 Å². The Labute approximate surface area is 378 Å². The molecule has 0 saturated heterocycles. The molecule has 5 aromatic carbocycles. The number of aryl methyl sites for hydroxylation is 2. The molecule has 0 aliphatic rings. The van der Waals surface area contributed by atoms with Crippen molar-refractivity contribution in [3.8, 4) is 23.0 Å². The van der Waals surface area contributed by atoms with Crippen LogP contribution in [0.15, 0.2) is 128 Å². The molecule has 1 heterocycles. The van der Waals surface area contributed by atoms with Crippen molar-refractivity contribution in [3.05, 3.63) is 156 Å². The first-order valence-electron chi connectivity index (χ1n) is 21.8. The van der Waals surface area contributed by atoms with Crippen LogP contribution < -0.4 is 18.9 Å². The van der Waals surface area contributed by atoms with E-state index in [0.717, 1.165) is 96.5 Å². The molecular weight excluding hydrogens is 825 g/mol. The predicted molar refractivity (Wildman–Crippen MR) is 251 cm³/mol. The van der Waals surface area contributed by atoms with Gasteiger partial charge in [0.15, 0.2) is 0 Å². The van der Waals surface area contributed by atoms with Gasteiger partial charge in [0, 0.05) is 22.9 Å². The van der Waals surface area contributed by atoms with Gasteiger partial charge in [-0.1, -0.05) is 36.4 Å².